The van der Waals surface area contributed by atoms with Gasteiger partial charge in [0.2, 0.25) is 5.95 Å². The van der Waals surface area contributed by atoms with Crippen LogP contribution >= 0.6 is 0 Å². The zero-order valence-corrected chi connectivity index (χ0v) is 16.1. The van der Waals surface area contributed by atoms with Crippen molar-refractivity contribution in [3.8, 4) is 5.75 Å². The predicted molar refractivity (Wildman–Crippen MR) is 111 cm³/mol. The van der Waals surface area contributed by atoms with Gasteiger partial charge >= 0.3 is 0 Å². The van der Waals surface area contributed by atoms with E-state index in [0.29, 0.717) is 23.1 Å². The molecule has 144 valence electrons. The molecule has 0 aliphatic heterocycles. The highest BCUT2D eigenvalue weighted by Gasteiger charge is 2.12. The Balaban J connectivity index is 1.58. The minimum atomic E-state index is -0.307. The van der Waals surface area contributed by atoms with Gasteiger partial charge in [-0.05, 0) is 49.1 Å². The zero-order chi connectivity index (χ0) is 19.8. The Kier molecular flexibility index (Phi) is 6.57. The van der Waals surface area contributed by atoms with Crippen LogP contribution in [0.15, 0.2) is 60.8 Å². The predicted octanol–water partition coefficient (Wildman–Crippen LogP) is 4.09. The van der Waals surface area contributed by atoms with E-state index in [4.69, 9.17) is 4.74 Å². The Morgan fingerprint density at radius 3 is 2.71 bits per heavy atom. The second-order valence-corrected chi connectivity index (χ2v) is 6.44. The average Bonchev–Trinajstić information content (AvgIpc) is 2.72. The first kappa shape index (κ1) is 19.4. The van der Waals surface area contributed by atoms with Crippen LogP contribution in [-0.4, -0.2) is 29.5 Å². The first-order valence-electron chi connectivity index (χ1n) is 9.22. The van der Waals surface area contributed by atoms with Crippen LogP contribution in [0, 0.1) is 6.92 Å². The Morgan fingerprint density at radius 2 is 1.93 bits per heavy atom. The van der Waals surface area contributed by atoms with Gasteiger partial charge in [-0.15, -0.1) is 0 Å². The number of hydrogen-bond acceptors (Lipinski definition) is 5. The maximum Gasteiger partial charge on any atom is 0.274 e. The van der Waals surface area contributed by atoms with Gasteiger partial charge < -0.3 is 15.4 Å². The summed E-state index contributed by atoms with van der Waals surface area (Å²) in [7, 11) is 1.57. The molecule has 1 amide bonds. The number of carbonyl (C=O) groups excluding carboxylic acids is 1. The Labute approximate surface area is 165 Å². The molecule has 2 N–H and O–H groups in total. The smallest absolute Gasteiger partial charge is 0.274 e. The quantitative estimate of drug-likeness (QED) is 0.579. The van der Waals surface area contributed by atoms with E-state index in [0.717, 1.165) is 24.9 Å². The van der Waals surface area contributed by atoms with Gasteiger partial charge in [0.15, 0.2) is 0 Å². The van der Waals surface area contributed by atoms with E-state index in [1.165, 1.54) is 5.56 Å². The number of amides is 1. The van der Waals surface area contributed by atoms with Gasteiger partial charge in [-0.2, -0.15) is 0 Å². The molecule has 0 spiro atoms. The van der Waals surface area contributed by atoms with Gasteiger partial charge in [0.1, 0.15) is 11.4 Å². The van der Waals surface area contributed by atoms with E-state index < -0.39 is 0 Å². The number of carbonyl (C=O) groups is 1. The van der Waals surface area contributed by atoms with Crippen molar-refractivity contribution < 1.29 is 9.53 Å². The summed E-state index contributed by atoms with van der Waals surface area (Å²) in [4.78, 5) is 21.1. The van der Waals surface area contributed by atoms with Crippen molar-refractivity contribution >= 4 is 17.5 Å². The molecule has 3 aromatic rings. The molecular formula is C22H24N4O2. The van der Waals surface area contributed by atoms with Gasteiger partial charge in [-0.3, -0.25) is 4.79 Å². The lowest BCUT2D eigenvalue weighted by Crippen LogP contribution is -2.16. The highest BCUT2D eigenvalue weighted by atomic mass is 16.5. The number of anilines is 2. The number of nitrogens with one attached hydrogen (secondary N) is 2. The molecule has 6 nitrogen and oxygen atoms in total. The standard InChI is InChI=1S/C22H24N4O2/c1-16-10-11-20(28-2)19(15-16)25-21(27)18-12-14-24-22(26-18)23-13-6-9-17-7-4-3-5-8-17/h3-5,7-8,10-12,14-15H,6,9,13H2,1-2H3,(H,25,27)(H,23,24,26). The summed E-state index contributed by atoms with van der Waals surface area (Å²) in [6.45, 7) is 2.68. The summed E-state index contributed by atoms with van der Waals surface area (Å²) in [5.74, 6) is 0.739. The van der Waals surface area contributed by atoms with Crippen LogP contribution in [0.25, 0.3) is 0 Å². The van der Waals surface area contributed by atoms with Gasteiger partial charge in [-0.1, -0.05) is 36.4 Å². The molecule has 6 heteroatoms. The summed E-state index contributed by atoms with van der Waals surface area (Å²) in [5, 5.41) is 6.03. The van der Waals surface area contributed by atoms with Crippen LogP contribution in [0.2, 0.25) is 0 Å². The lowest BCUT2D eigenvalue weighted by Gasteiger charge is -2.11. The molecule has 0 radical (unpaired) electrons. The molecule has 0 fully saturated rings. The lowest BCUT2D eigenvalue weighted by molar-refractivity contribution is 0.102. The number of ether oxygens (including phenoxy) is 1. The number of aromatic nitrogens is 2. The molecule has 0 atom stereocenters. The second kappa shape index (κ2) is 9.50. The molecule has 0 bridgehead atoms. The Morgan fingerprint density at radius 1 is 1.11 bits per heavy atom. The van der Waals surface area contributed by atoms with E-state index >= 15 is 0 Å². The van der Waals surface area contributed by atoms with E-state index in [-0.39, 0.29) is 5.91 Å². The second-order valence-electron chi connectivity index (χ2n) is 6.44. The number of methoxy groups -OCH3 is 1. The number of nitrogens with zero attached hydrogens (tertiary/aromatic N) is 2. The molecule has 0 saturated heterocycles. The topological polar surface area (TPSA) is 76.1 Å². The minimum Gasteiger partial charge on any atom is -0.495 e. The van der Waals surface area contributed by atoms with Crippen LogP contribution in [0.3, 0.4) is 0 Å². The van der Waals surface area contributed by atoms with E-state index in [2.05, 4.69) is 32.7 Å². The van der Waals surface area contributed by atoms with Crippen molar-refractivity contribution in [3.05, 3.63) is 77.6 Å². The SMILES string of the molecule is COc1ccc(C)cc1NC(=O)c1ccnc(NCCCc2ccccc2)n1. The third kappa shape index (κ3) is 5.30. The van der Waals surface area contributed by atoms with Crippen molar-refractivity contribution in [1.29, 1.82) is 0 Å². The highest BCUT2D eigenvalue weighted by Crippen LogP contribution is 2.25. The van der Waals surface area contributed by atoms with E-state index in [1.807, 2.05) is 43.3 Å². The van der Waals surface area contributed by atoms with Crippen LogP contribution in [0.1, 0.15) is 28.0 Å². The lowest BCUT2D eigenvalue weighted by atomic mass is 10.1. The van der Waals surface area contributed by atoms with Gasteiger partial charge in [0.05, 0.1) is 12.8 Å². The third-order valence-corrected chi connectivity index (χ3v) is 4.26. The van der Waals surface area contributed by atoms with Gasteiger partial charge in [0, 0.05) is 12.7 Å². The van der Waals surface area contributed by atoms with Crippen LogP contribution in [0.5, 0.6) is 5.75 Å². The fourth-order valence-electron chi connectivity index (χ4n) is 2.81. The molecule has 2 aromatic carbocycles. The number of aryl methyl sites for hydroxylation is 2. The summed E-state index contributed by atoms with van der Waals surface area (Å²) in [5.41, 5.74) is 3.23. The molecule has 1 heterocycles. The first-order valence-corrected chi connectivity index (χ1v) is 9.22. The number of rotatable bonds is 8. The van der Waals surface area contributed by atoms with Crippen molar-refractivity contribution in [2.45, 2.75) is 19.8 Å². The maximum atomic E-state index is 12.6. The summed E-state index contributed by atoms with van der Waals surface area (Å²) in [6.07, 6.45) is 3.50. The molecule has 0 aliphatic carbocycles. The molecule has 1 aromatic heterocycles. The van der Waals surface area contributed by atoms with Crippen molar-refractivity contribution in [1.82, 2.24) is 9.97 Å². The highest BCUT2D eigenvalue weighted by molar-refractivity contribution is 6.03. The van der Waals surface area contributed by atoms with Gasteiger partial charge in [-0.25, -0.2) is 9.97 Å². The van der Waals surface area contributed by atoms with Crippen molar-refractivity contribution in [2.75, 3.05) is 24.3 Å². The summed E-state index contributed by atoms with van der Waals surface area (Å²) >= 11 is 0. The monoisotopic (exact) mass is 376 g/mol. The number of hydrogen-bond donors (Lipinski definition) is 2. The van der Waals surface area contributed by atoms with E-state index in [1.54, 1.807) is 19.4 Å². The Hall–Kier alpha value is -3.41. The third-order valence-electron chi connectivity index (χ3n) is 4.26. The fraction of sp³-hybridized carbons (Fsp3) is 0.227. The normalized spacial score (nSPS) is 10.4. The zero-order valence-electron chi connectivity index (χ0n) is 16.1. The van der Waals surface area contributed by atoms with Crippen LogP contribution < -0.4 is 15.4 Å². The fourth-order valence-corrected chi connectivity index (χ4v) is 2.81. The Bertz CT molecular complexity index is 929. The van der Waals surface area contributed by atoms with Crippen molar-refractivity contribution in [2.24, 2.45) is 0 Å². The molecular weight excluding hydrogens is 352 g/mol. The number of benzene rings is 2. The molecule has 3 rings (SSSR count). The molecule has 0 saturated carbocycles. The van der Waals surface area contributed by atoms with Crippen LogP contribution in [0.4, 0.5) is 11.6 Å². The summed E-state index contributed by atoms with van der Waals surface area (Å²) in [6, 6.07) is 17.5. The minimum absolute atomic E-state index is 0.295. The summed E-state index contributed by atoms with van der Waals surface area (Å²) < 4.78 is 5.30. The first-order chi connectivity index (χ1) is 13.7. The average molecular weight is 376 g/mol. The maximum absolute atomic E-state index is 12.6. The molecule has 0 unspecified atom stereocenters. The largest absolute Gasteiger partial charge is 0.495 e. The van der Waals surface area contributed by atoms with Crippen LogP contribution in [-0.2, 0) is 6.42 Å². The molecule has 28 heavy (non-hydrogen) atoms. The van der Waals surface area contributed by atoms with E-state index in [9.17, 15) is 4.79 Å². The van der Waals surface area contributed by atoms with Gasteiger partial charge in [0.25, 0.3) is 5.91 Å². The van der Waals surface area contributed by atoms with Crippen molar-refractivity contribution in [3.63, 3.8) is 0 Å². The molecule has 0 aliphatic rings.